The maximum Gasteiger partial charge on any atom is 0.417 e. The summed E-state index contributed by atoms with van der Waals surface area (Å²) in [6.07, 6.45) is -8.73. The lowest BCUT2D eigenvalue weighted by molar-refractivity contribution is -0.138. The van der Waals surface area contributed by atoms with E-state index in [1.54, 1.807) is 0 Å². The molecule has 100 valence electrons. The molecular formula is C9H5F6NO2. The van der Waals surface area contributed by atoms with Gasteiger partial charge >= 0.3 is 12.1 Å². The average molecular weight is 273 g/mol. The number of carbonyl (C=O) groups excluding carboxylic acids is 1. The zero-order valence-electron chi connectivity index (χ0n) is 8.69. The lowest BCUT2D eigenvalue weighted by Crippen LogP contribution is -2.19. The second-order valence-corrected chi connectivity index (χ2v) is 3.04. The molecule has 1 aromatic rings. The number of aromatic nitrogens is 1. The molecule has 0 fully saturated rings. The maximum absolute atomic E-state index is 12.8. The highest BCUT2D eigenvalue weighted by atomic mass is 19.4. The van der Waals surface area contributed by atoms with Crippen LogP contribution in [0, 0.1) is 5.95 Å². The summed E-state index contributed by atoms with van der Waals surface area (Å²) in [4.78, 5) is 13.7. The van der Waals surface area contributed by atoms with Gasteiger partial charge in [0.15, 0.2) is 0 Å². The molecule has 0 saturated carbocycles. The van der Waals surface area contributed by atoms with Crippen molar-refractivity contribution in [1.82, 2.24) is 4.98 Å². The molecule has 18 heavy (non-hydrogen) atoms. The quantitative estimate of drug-likeness (QED) is 0.472. The molecule has 9 heteroatoms. The number of methoxy groups -OCH3 is 1. The molecule has 0 saturated heterocycles. The fourth-order valence-corrected chi connectivity index (χ4v) is 1.23. The Morgan fingerprint density at radius 2 is 1.94 bits per heavy atom. The van der Waals surface area contributed by atoms with Crippen LogP contribution < -0.4 is 0 Å². The van der Waals surface area contributed by atoms with E-state index in [2.05, 4.69) is 9.72 Å². The minimum Gasteiger partial charge on any atom is -0.465 e. The number of halogens is 6. The van der Waals surface area contributed by atoms with E-state index in [-0.39, 0.29) is 6.07 Å². The third-order valence-electron chi connectivity index (χ3n) is 1.92. The number of hydrogen-bond acceptors (Lipinski definition) is 3. The third kappa shape index (κ3) is 2.71. The predicted octanol–water partition coefficient (Wildman–Crippen LogP) is 2.96. The molecule has 0 aliphatic carbocycles. The third-order valence-corrected chi connectivity index (χ3v) is 1.92. The molecule has 0 N–H and O–H groups in total. The Balaban J connectivity index is 3.64. The van der Waals surface area contributed by atoms with Gasteiger partial charge in [-0.1, -0.05) is 0 Å². The van der Waals surface area contributed by atoms with E-state index in [4.69, 9.17) is 0 Å². The minimum atomic E-state index is -5.18. The van der Waals surface area contributed by atoms with Crippen molar-refractivity contribution < 1.29 is 35.9 Å². The van der Waals surface area contributed by atoms with Gasteiger partial charge in [-0.15, -0.1) is 0 Å². The molecule has 0 amide bonds. The number of hydrogen-bond donors (Lipinski definition) is 0. The standard InChI is InChI=1S/C9H5F6NO2/c1-18-8(17)5-3(9(13,14)15)2-4(10)16-6(5)7(11)12/h2,7H,1H3. The molecule has 0 spiro atoms. The summed E-state index contributed by atoms with van der Waals surface area (Å²) in [6, 6.07) is -0.141. The minimum absolute atomic E-state index is 0.141. The second kappa shape index (κ2) is 4.83. The number of esters is 1. The first-order valence-electron chi connectivity index (χ1n) is 4.32. The predicted molar refractivity (Wildman–Crippen MR) is 45.5 cm³/mol. The maximum atomic E-state index is 12.8. The van der Waals surface area contributed by atoms with Crippen molar-refractivity contribution in [3.8, 4) is 0 Å². The van der Waals surface area contributed by atoms with E-state index in [9.17, 15) is 31.1 Å². The van der Waals surface area contributed by atoms with Crippen LogP contribution in [0.5, 0.6) is 0 Å². The normalized spacial score (nSPS) is 11.8. The van der Waals surface area contributed by atoms with Gasteiger partial charge in [0.2, 0.25) is 5.95 Å². The van der Waals surface area contributed by atoms with Crippen LogP contribution in [0.4, 0.5) is 26.3 Å². The first kappa shape index (κ1) is 14.3. The second-order valence-electron chi connectivity index (χ2n) is 3.04. The lowest BCUT2D eigenvalue weighted by atomic mass is 10.1. The Labute approximate surface area is 96.4 Å². The average Bonchev–Trinajstić information content (AvgIpc) is 2.25. The Morgan fingerprint density at radius 3 is 2.33 bits per heavy atom. The lowest BCUT2D eigenvalue weighted by Gasteiger charge is -2.14. The molecule has 3 nitrogen and oxygen atoms in total. The summed E-state index contributed by atoms with van der Waals surface area (Å²) < 4.78 is 79.2. The van der Waals surface area contributed by atoms with Crippen molar-refractivity contribution in [3.05, 3.63) is 28.8 Å². The Bertz CT molecular complexity index is 471. The van der Waals surface area contributed by atoms with Crippen LogP contribution in [-0.4, -0.2) is 18.1 Å². The van der Waals surface area contributed by atoms with E-state index in [1.807, 2.05) is 0 Å². The van der Waals surface area contributed by atoms with Gasteiger partial charge in [0.25, 0.3) is 6.43 Å². The van der Waals surface area contributed by atoms with Crippen molar-refractivity contribution in [3.63, 3.8) is 0 Å². The van der Waals surface area contributed by atoms with Gasteiger partial charge in [-0.25, -0.2) is 18.6 Å². The summed E-state index contributed by atoms with van der Waals surface area (Å²) >= 11 is 0. The molecular weight excluding hydrogens is 268 g/mol. The molecule has 0 unspecified atom stereocenters. The van der Waals surface area contributed by atoms with Gasteiger partial charge in [0.1, 0.15) is 5.69 Å². The SMILES string of the molecule is COC(=O)c1c(C(F)(F)F)cc(F)nc1C(F)F. The Hall–Kier alpha value is -1.80. The summed E-state index contributed by atoms with van der Waals surface area (Å²) in [5.74, 6) is -3.42. The van der Waals surface area contributed by atoms with E-state index in [0.29, 0.717) is 7.11 Å². The zero-order chi connectivity index (χ0) is 14.1. The van der Waals surface area contributed by atoms with Gasteiger partial charge in [-0.3, -0.25) is 0 Å². The first-order chi connectivity index (χ1) is 8.18. The molecule has 0 aromatic carbocycles. The summed E-state index contributed by atoms with van der Waals surface area (Å²) in [7, 11) is 0.709. The summed E-state index contributed by atoms with van der Waals surface area (Å²) in [5, 5.41) is 0. The number of nitrogens with zero attached hydrogens (tertiary/aromatic N) is 1. The van der Waals surface area contributed by atoms with Gasteiger partial charge in [-0.05, 0) is 0 Å². The van der Waals surface area contributed by atoms with E-state index >= 15 is 0 Å². The van der Waals surface area contributed by atoms with Crippen molar-refractivity contribution in [2.45, 2.75) is 12.6 Å². The largest absolute Gasteiger partial charge is 0.465 e. The smallest absolute Gasteiger partial charge is 0.417 e. The first-order valence-corrected chi connectivity index (χ1v) is 4.32. The fourth-order valence-electron chi connectivity index (χ4n) is 1.23. The van der Waals surface area contributed by atoms with Crippen molar-refractivity contribution in [2.24, 2.45) is 0 Å². The fraction of sp³-hybridized carbons (Fsp3) is 0.333. The topological polar surface area (TPSA) is 39.2 Å². The molecule has 1 heterocycles. The van der Waals surface area contributed by atoms with Crippen LogP contribution in [-0.2, 0) is 10.9 Å². The van der Waals surface area contributed by atoms with Crippen molar-refractivity contribution in [2.75, 3.05) is 7.11 Å². The molecule has 1 aromatic heterocycles. The summed E-state index contributed by atoms with van der Waals surface area (Å²) in [6.45, 7) is 0. The van der Waals surface area contributed by atoms with Crippen LogP contribution in [0.15, 0.2) is 6.07 Å². The van der Waals surface area contributed by atoms with Crippen molar-refractivity contribution >= 4 is 5.97 Å². The Morgan fingerprint density at radius 1 is 1.39 bits per heavy atom. The highest BCUT2D eigenvalue weighted by Gasteiger charge is 2.40. The van der Waals surface area contributed by atoms with Crippen LogP contribution >= 0.6 is 0 Å². The van der Waals surface area contributed by atoms with Crippen molar-refractivity contribution in [1.29, 1.82) is 0 Å². The molecule has 0 radical (unpaired) electrons. The summed E-state index contributed by atoms with van der Waals surface area (Å²) in [5.41, 5.74) is -4.94. The van der Waals surface area contributed by atoms with E-state index < -0.39 is 41.3 Å². The number of pyridine rings is 1. The number of alkyl halides is 5. The molecule has 0 aliphatic rings. The zero-order valence-corrected chi connectivity index (χ0v) is 8.69. The molecule has 0 atom stereocenters. The highest BCUT2D eigenvalue weighted by molar-refractivity contribution is 5.92. The van der Waals surface area contributed by atoms with Gasteiger partial charge < -0.3 is 4.74 Å². The number of ether oxygens (including phenoxy) is 1. The van der Waals surface area contributed by atoms with Crippen LogP contribution in [0.2, 0.25) is 0 Å². The van der Waals surface area contributed by atoms with Gasteiger partial charge in [-0.2, -0.15) is 17.6 Å². The van der Waals surface area contributed by atoms with Crippen LogP contribution in [0.25, 0.3) is 0 Å². The molecule has 0 aliphatic heterocycles. The van der Waals surface area contributed by atoms with E-state index in [1.165, 1.54) is 0 Å². The van der Waals surface area contributed by atoms with Crippen LogP contribution in [0.3, 0.4) is 0 Å². The molecule has 0 bridgehead atoms. The van der Waals surface area contributed by atoms with Crippen LogP contribution in [0.1, 0.15) is 28.0 Å². The molecule has 1 rings (SSSR count). The van der Waals surface area contributed by atoms with Gasteiger partial charge in [0, 0.05) is 6.07 Å². The number of carbonyl (C=O) groups is 1. The number of rotatable bonds is 2. The monoisotopic (exact) mass is 273 g/mol. The van der Waals surface area contributed by atoms with E-state index in [0.717, 1.165) is 0 Å². The van der Waals surface area contributed by atoms with Gasteiger partial charge in [0.05, 0.1) is 18.2 Å². The Kier molecular flexibility index (Phi) is 3.82. The highest BCUT2D eigenvalue weighted by Crippen LogP contribution is 2.36.